The molecule has 2 atom stereocenters. The van der Waals surface area contributed by atoms with E-state index in [9.17, 15) is 0 Å². The predicted molar refractivity (Wildman–Crippen MR) is 90.9 cm³/mol. The van der Waals surface area contributed by atoms with Crippen molar-refractivity contribution < 1.29 is 0 Å². The number of rotatable bonds is 5. The third-order valence-electron chi connectivity index (χ3n) is 4.75. The van der Waals surface area contributed by atoms with Crippen LogP contribution in [0.5, 0.6) is 0 Å². The highest BCUT2D eigenvalue weighted by Crippen LogP contribution is 2.32. The zero-order valence-corrected chi connectivity index (χ0v) is 14.7. The van der Waals surface area contributed by atoms with Crippen molar-refractivity contribution in [3.8, 4) is 0 Å². The molecule has 0 spiro atoms. The molecule has 0 radical (unpaired) electrons. The van der Waals surface area contributed by atoms with Crippen LogP contribution in [0.4, 0.5) is 5.69 Å². The maximum absolute atomic E-state index is 4.70. The molecule has 0 bridgehead atoms. The smallest absolute Gasteiger partial charge is 0.0828 e. The molecule has 0 amide bonds. The molecule has 0 aromatic carbocycles. The standard InChI is InChI=1S/C18H33N3/c1-12(2)10-16-8-7-9-17(11-16)19-18-14(5)20-21(13(3)4)15(18)6/h12-13,16-17,19H,7-11H2,1-6H3. The van der Waals surface area contributed by atoms with Crippen molar-refractivity contribution in [3.05, 3.63) is 11.4 Å². The monoisotopic (exact) mass is 291 g/mol. The first-order chi connectivity index (χ1) is 9.88. The summed E-state index contributed by atoms with van der Waals surface area (Å²) in [5.74, 6) is 1.72. The van der Waals surface area contributed by atoms with Crippen LogP contribution in [0, 0.1) is 25.7 Å². The van der Waals surface area contributed by atoms with E-state index in [-0.39, 0.29) is 0 Å². The summed E-state index contributed by atoms with van der Waals surface area (Å²) in [6.45, 7) is 13.4. The first kappa shape index (κ1) is 16.4. The van der Waals surface area contributed by atoms with Gasteiger partial charge in [0.1, 0.15) is 0 Å². The topological polar surface area (TPSA) is 29.9 Å². The van der Waals surface area contributed by atoms with Gasteiger partial charge in [-0.3, -0.25) is 4.68 Å². The van der Waals surface area contributed by atoms with Gasteiger partial charge in [0.15, 0.2) is 0 Å². The Morgan fingerprint density at radius 2 is 1.90 bits per heavy atom. The fourth-order valence-corrected chi connectivity index (χ4v) is 3.88. The van der Waals surface area contributed by atoms with Gasteiger partial charge in [-0.15, -0.1) is 0 Å². The van der Waals surface area contributed by atoms with Gasteiger partial charge in [-0.2, -0.15) is 5.10 Å². The van der Waals surface area contributed by atoms with E-state index in [0.29, 0.717) is 12.1 Å². The third-order valence-corrected chi connectivity index (χ3v) is 4.75. The van der Waals surface area contributed by atoms with Gasteiger partial charge in [0.2, 0.25) is 0 Å². The van der Waals surface area contributed by atoms with Crippen LogP contribution in [0.2, 0.25) is 0 Å². The lowest BCUT2D eigenvalue weighted by Gasteiger charge is -2.31. The van der Waals surface area contributed by atoms with Gasteiger partial charge < -0.3 is 5.32 Å². The van der Waals surface area contributed by atoms with Crippen LogP contribution in [-0.4, -0.2) is 15.8 Å². The van der Waals surface area contributed by atoms with E-state index in [1.54, 1.807) is 0 Å². The lowest BCUT2D eigenvalue weighted by molar-refractivity contribution is 0.289. The van der Waals surface area contributed by atoms with E-state index >= 15 is 0 Å². The Morgan fingerprint density at radius 1 is 1.19 bits per heavy atom. The van der Waals surface area contributed by atoms with E-state index in [1.165, 1.54) is 43.5 Å². The largest absolute Gasteiger partial charge is 0.379 e. The molecule has 1 aliphatic rings. The van der Waals surface area contributed by atoms with Crippen molar-refractivity contribution in [2.45, 2.75) is 85.7 Å². The second kappa shape index (κ2) is 6.85. The lowest BCUT2D eigenvalue weighted by Crippen LogP contribution is -2.28. The Kier molecular flexibility index (Phi) is 5.34. The first-order valence-corrected chi connectivity index (χ1v) is 8.70. The summed E-state index contributed by atoms with van der Waals surface area (Å²) in [6.07, 6.45) is 6.79. The van der Waals surface area contributed by atoms with Crippen LogP contribution >= 0.6 is 0 Å². The number of hydrogen-bond acceptors (Lipinski definition) is 2. The quantitative estimate of drug-likeness (QED) is 0.818. The van der Waals surface area contributed by atoms with Crippen LogP contribution in [0.1, 0.15) is 77.2 Å². The minimum absolute atomic E-state index is 0.430. The summed E-state index contributed by atoms with van der Waals surface area (Å²) in [5.41, 5.74) is 3.71. The van der Waals surface area contributed by atoms with E-state index in [4.69, 9.17) is 5.10 Å². The van der Waals surface area contributed by atoms with E-state index in [2.05, 4.69) is 51.5 Å². The molecule has 2 rings (SSSR count). The van der Waals surface area contributed by atoms with Gasteiger partial charge in [0.25, 0.3) is 0 Å². The average Bonchev–Trinajstić information content (AvgIpc) is 2.66. The minimum atomic E-state index is 0.430. The Morgan fingerprint density at radius 3 is 2.48 bits per heavy atom. The number of hydrogen-bond donors (Lipinski definition) is 1. The molecule has 21 heavy (non-hydrogen) atoms. The molecular weight excluding hydrogens is 258 g/mol. The van der Waals surface area contributed by atoms with Crippen LogP contribution < -0.4 is 5.32 Å². The Balaban J connectivity index is 2.04. The highest BCUT2D eigenvalue weighted by Gasteiger charge is 2.24. The van der Waals surface area contributed by atoms with Gasteiger partial charge in [0.05, 0.1) is 17.1 Å². The van der Waals surface area contributed by atoms with E-state index < -0.39 is 0 Å². The highest BCUT2D eigenvalue weighted by atomic mass is 15.3. The summed E-state index contributed by atoms with van der Waals surface area (Å²) >= 11 is 0. The molecule has 120 valence electrons. The van der Waals surface area contributed by atoms with Gasteiger partial charge in [-0.05, 0) is 58.8 Å². The Hall–Kier alpha value is -0.990. The summed E-state index contributed by atoms with van der Waals surface area (Å²) in [6, 6.07) is 1.06. The first-order valence-electron chi connectivity index (χ1n) is 8.70. The molecule has 1 aliphatic carbocycles. The molecule has 2 unspecified atom stereocenters. The molecule has 1 heterocycles. The molecule has 0 aliphatic heterocycles. The van der Waals surface area contributed by atoms with Crippen molar-refractivity contribution >= 4 is 5.69 Å². The van der Waals surface area contributed by atoms with Gasteiger partial charge in [-0.25, -0.2) is 0 Å². The molecule has 1 N–H and O–H groups in total. The summed E-state index contributed by atoms with van der Waals surface area (Å²) in [5, 5.41) is 8.51. The average molecular weight is 291 g/mol. The summed E-state index contributed by atoms with van der Waals surface area (Å²) in [4.78, 5) is 0. The van der Waals surface area contributed by atoms with E-state index in [1.807, 2.05) is 0 Å². The minimum Gasteiger partial charge on any atom is -0.379 e. The van der Waals surface area contributed by atoms with Crippen molar-refractivity contribution in [1.29, 1.82) is 0 Å². The molecule has 1 fully saturated rings. The van der Waals surface area contributed by atoms with Crippen molar-refractivity contribution in [2.24, 2.45) is 11.8 Å². The SMILES string of the molecule is Cc1nn(C(C)C)c(C)c1NC1CCCC(CC(C)C)C1. The van der Waals surface area contributed by atoms with Crippen LogP contribution in [-0.2, 0) is 0 Å². The van der Waals surface area contributed by atoms with Crippen LogP contribution in [0.3, 0.4) is 0 Å². The number of nitrogens with one attached hydrogen (secondary N) is 1. The third kappa shape index (κ3) is 4.02. The predicted octanol–water partition coefficient (Wildman–Crippen LogP) is 5.10. The van der Waals surface area contributed by atoms with Crippen LogP contribution in [0.15, 0.2) is 0 Å². The van der Waals surface area contributed by atoms with Crippen LogP contribution in [0.25, 0.3) is 0 Å². The second-order valence-electron chi connectivity index (χ2n) is 7.59. The summed E-state index contributed by atoms with van der Waals surface area (Å²) < 4.78 is 2.14. The fraction of sp³-hybridized carbons (Fsp3) is 0.833. The Labute approximate surface area is 130 Å². The number of aromatic nitrogens is 2. The highest BCUT2D eigenvalue weighted by molar-refractivity contribution is 5.53. The Bertz CT molecular complexity index is 459. The summed E-state index contributed by atoms with van der Waals surface area (Å²) in [7, 11) is 0. The van der Waals surface area contributed by atoms with Crippen molar-refractivity contribution in [2.75, 3.05) is 5.32 Å². The van der Waals surface area contributed by atoms with Gasteiger partial charge >= 0.3 is 0 Å². The molecule has 3 heteroatoms. The zero-order chi connectivity index (χ0) is 15.6. The van der Waals surface area contributed by atoms with Crippen molar-refractivity contribution in [1.82, 2.24) is 9.78 Å². The lowest BCUT2D eigenvalue weighted by atomic mass is 9.81. The maximum Gasteiger partial charge on any atom is 0.0828 e. The molecular formula is C18H33N3. The molecule has 3 nitrogen and oxygen atoms in total. The second-order valence-corrected chi connectivity index (χ2v) is 7.59. The van der Waals surface area contributed by atoms with Gasteiger partial charge in [0, 0.05) is 12.1 Å². The van der Waals surface area contributed by atoms with Crippen molar-refractivity contribution in [3.63, 3.8) is 0 Å². The normalized spacial score (nSPS) is 23.0. The maximum atomic E-state index is 4.70. The van der Waals surface area contributed by atoms with E-state index in [0.717, 1.165) is 17.5 Å². The zero-order valence-electron chi connectivity index (χ0n) is 14.7. The number of nitrogens with zero attached hydrogens (tertiary/aromatic N) is 2. The number of aryl methyl sites for hydroxylation is 1. The van der Waals surface area contributed by atoms with Gasteiger partial charge in [-0.1, -0.05) is 26.7 Å². The fourth-order valence-electron chi connectivity index (χ4n) is 3.88. The molecule has 1 saturated carbocycles. The molecule has 1 aromatic heterocycles. The molecule has 1 aromatic rings. The number of anilines is 1. The molecule has 0 saturated heterocycles.